The predicted molar refractivity (Wildman–Crippen MR) is 40.4 cm³/mol. The van der Waals surface area contributed by atoms with Crippen LogP contribution in [0.2, 0.25) is 0 Å². The second-order valence-corrected chi connectivity index (χ2v) is 2.55. The van der Waals surface area contributed by atoms with Crippen LogP contribution in [0.15, 0.2) is 4.42 Å². The average molecular weight is 160 g/mol. The minimum atomic E-state index is 0.604. The van der Waals surface area contributed by atoms with E-state index >= 15 is 0 Å². The van der Waals surface area contributed by atoms with Crippen molar-refractivity contribution in [2.24, 2.45) is 0 Å². The first-order valence-electron chi connectivity index (χ1n) is 3.23. The molecular weight excluding hydrogens is 150 g/mol. The molecule has 0 saturated carbocycles. The molecule has 2 nitrogen and oxygen atoms in total. The SMILES string of the molecule is Cc1nc(CCCl)c(C)o1. The molecule has 0 aliphatic rings. The lowest BCUT2D eigenvalue weighted by molar-refractivity contribution is 0.493. The summed E-state index contributed by atoms with van der Waals surface area (Å²) in [6, 6.07) is 0. The molecule has 0 saturated heterocycles. The van der Waals surface area contributed by atoms with Crippen LogP contribution in [0.3, 0.4) is 0 Å². The van der Waals surface area contributed by atoms with Gasteiger partial charge in [-0.2, -0.15) is 0 Å². The summed E-state index contributed by atoms with van der Waals surface area (Å²) in [5, 5.41) is 0. The molecule has 3 heteroatoms. The summed E-state index contributed by atoms with van der Waals surface area (Å²) in [7, 11) is 0. The molecule has 0 spiro atoms. The third kappa shape index (κ3) is 1.51. The molecule has 0 aromatic carbocycles. The van der Waals surface area contributed by atoms with Gasteiger partial charge in [0.05, 0.1) is 5.69 Å². The van der Waals surface area contributed by atoms with Crippen molar-refractivity contribution in [3.05, 3.63) is 17.3 Å². The lowest BCUT2D eigenvalue weighted by Crippen LogP contribution is -1.88. The topological polar surface area (TPSA) is 26.0 Å². The largest absolute Gasteiger partial charge is 0.446 e. The van der Waals surface area contributed by atoms with E-state index in [-0.39, 0.29) is 0 Å². The zero-order valence-electron chi connectivity index (χ0n) is 6.15. The van der Waals surface area contributed by atoms with E-state index in [0.717, 1.165) is 23.8 Å². The van der Waals surface area contributed by atoms with E-state index in [9.17, 15) is 0 Å². The number of aromatic nitrogens is 1. The molecule has 0 radical (unpaired) electrons. The molecule has 56 valence electrons. The predicted octanol–water partition coefficient (Wildman–Crippen LogP) is 2.07. The van der Waals surface area contributed by atoms with Gasteiger partial charge in [-0.15, -0.1) is 11.6 Å². The molecule has 0 atom stereocenters. The van der Waals surface area contributed by atoms with Crippen LogP contribution >= 0.6 is 11.6 Å². The Morgan fingerprint density at radius 3 is 2.60 bits per heavy atom. The summed E-state index contributed by atoms with van der Waals surface area (Å²) >= 11 is 5.54. The monoisotopic (exact) mass is 159 g/mol. The van der Waals surface area contributed by atoms with Gasteiger partial charge in [-0.25, -0.2) is 4.98 Å². The van der Waals surface area contributed by atoms with Crippen LogP contribution in [-0.2, 0) is 6.42 Å². The van der Waals surface area contributed by atoms with Crippen molar-refractivity contribution < 1.29 is 4.42 Å². The molecule has 10 heavy (non-hydrogen) atoms. The fourth-order valence-corrected chi connectivity index (χ4v) is 1.07. The minimum Gasteiger partial charge on any atom is -0.446 e. The Morgan fingerprint density at radius 1 is 1.50 bits per heavy atom. The first kappa shape index (κ1) is 7.61. The van der Waals surface area contributed by atoms with Crippen LogP contribution in [0.5, 0.6) is 0 Å². The van der Waals surface area contributed by atoms with E-state index in [1.807, 2.05) is 13.8 Å². The summed E-state index contributed by atoms with van der Waals surface area (Å²) in [5.74, 6) is 2.21. The molecule has 1 aromatic heterocycles. The molecule has 0 fully saturated rings. The molecule has 0 aliphatic carbocycles. The summed E-state index contributed by atoms with van der Waals surface area (Å²) < 4.78 is 5.20. The van der Waals surface area contributed by atoms with Crippen molar-refractivity contribution in [1.82, 2.24) is 4.98 Å². The van der Waals surface area contributed by atoms with E-state index in [2.05, 4.69) is 4.98 Å². The zero-order chi connectivity index (χ0) is 7.56. The fraction of sp³-hybridized carbons (Fsp3) is 0.571. The lowest BCUT2D eigenvalue weighted by Gasteiger charge is -1.87. The number of rotatable bonds is 2. The van der Waals surface area contributed by atoms with Crippen molar-refractivity contribution in [2.45, 2.75) is 20.3 Å². The van der Waals surface area contributed by atoms with Crippen LogP contribution in [0.4, 0.5) is 0 Å². The highest BCUT2D eigenvalue weighted by atomic mass is 35.5. The van der Waals surface area contributed by atoms with Gasteiger partial charge in [-0.1, -0.05) is 0 Å². The zero-order valence-corrected chi connectivity index (χ0v) is 6.90. The number of nitrogens with zero attached hydrogens (tertiary/aromatic N) is 1. The van der Waals surface area contributed by atoms with Gasteiger partial charge in [0.1, 0.15) is 5.76 Å². The molecule has 0 unspecified atom stereocenters. The van der Waals surface area contributed by atoms with Gasteiger partial charge in [0.2, 0.25) is 0 Å². The maximum atomic E-state index is 5.54. The molecule has 1 heterocycles. The Labute approximate surface area is 65.2 Å². The van der Waals surface area contributed by atoms with E-state index in [0.29, 0.717) is 5.88 Å². The third-order valence-corrected chi connectivity index (χ3v) is 1.52. The van der Waals surface area contributed by atoms with Gasteiger partial charge in [-0.3, -0.25) is 0 Å². The molecule has 0 amide bonds. The first-order chi connectivity index (χ1) is 4.74. The number of oxazole rings is 1. The van der Waals surface area contributed by atoms with Gasteiger partial charge < -0.3 is 4.42 Å². The van der Waals surface area contributed by atoms with E-state index in [4.69, 9.17) is 16.0 Å². The van der Waals surface area contributed by atoms with Crippen LogP contribution in [0, 0.1) is 13.8 Å². The van der Waals surface area contributed by atoms with Gasteiger partial charge in [0.25, 0.3) is 0 Å². The number of hydrogen-bond acceptors (Lipinski definition) is 2. The first-order valence-corrected chi connectivity index (χ1v) is 3.76. The number of hydrogen-bond donors (Lipinski definition) is 0. The summed E-state index contributed by atoms with van der Waals surface area (Å²) in [6.45, 7) is 3.74. The number of aryl methyl sites for hydroxylation is 3. The van der Waals surface area contributed by atoms with Gasteiger partial charge in [0.15, 0.2) is 5.89 Å². The van der Waals surface area contributed by atoms with Crippen molar-refractivity contribution in [2.75, 3.05) is 5.88 Å². The highest BCUT2D eigenvalue weighted by Gasteiger charge is 2.03. The van der Waals surface area contributed by atoms with Gasteiger partial charge in [0, 0.05) is 19.2 Å². The Hall–Kier alpha value is -0.500. The number of halogens is 1. The molecular formula is C7H10ClNO. The second-order valence-electron chi connectivity index (χ2n) is 2.17. The van der Waals surface area contributed by atoms with Crippen LogP contribution < -0.4 is 0 Å². The molecule has 1 rings (SSSR count). The Morgan fingerprint density at radius 2 is 2.20 bits per heavy atom. The number of alkyl halides is 1. The molecule has 0 bridgehead atoms. The smallest absolute Gasteiger partial charge is 0.191 e. The second kappa shape index (κ2) is 3.06. The summed E-state index contributed by atoms with van der Waals surface area (Å²) in [6.07, 6.45) is 0.796. The van der Waals surface area contributed by atoms with Crippen LogP contribution in [0.25, 0.3) is 0 Å². The van der Waals surface area contributed by atoms with Gasteiger partial charge in [-0.05, 0) is 6.92 Å². The van der Waals surface area contributed by atoms with Crippen molar-refractivity contribution in [1.29, 1.82) is 0 Å². The standard InChI is InChI=1S/C7H10ClNO/c1-5-7(3-4-8)9-6(2)10-5/h3-4H2,1-2H3. The average Bonchev–Trinajstić information content (AvgIpc) is 2.13. The van der Waals surface area contributed by atoms with Gasteiger partial charge >= 0.3 is 0 Å². The highest BCUT2D eigenvalue weighted by molar-refractivity contribution is 6.17. The minimum absolute atomic E-state index is 0.604. The highest BCUT2D eigenvalue weighted by Crippen LogP contribution is 2.09. The lowest BCUT2D eigenvalue weighted by atomic mass is 10.3. The maximum Gasteiger partial charge on any atom is 0.191 e. The summed E-state index contributed by atoms with van der Waals surface area (Å²) in [4.78, 5) is 4.15. The normalized spacial score (nSPS) is 10.3. The van der Waals surface area contributed by atoms with Crippen LogP contribution in [-0.4, -0.2) is 10.9 Å². The Bertz CT molecular complexity index is 219. The summed E-state index contributed by atoms with van der Waals surface area (Å²) in [5.41, 5.74) is 0.979. The Kier molecular flexibility index (Phi) is 2.33. The van der Waals surface area contributed by atoms with Crippen molar-refractivity contribution >= 4 is 11.6 Å². The fourth-order valence-electron chi connectivity index (χ4n) is 0.894. The molecule has 0 N–H and O–H groups in total. The van der Waals surface area contributed by atoms with E-state index in [1.54, 1.807) is 0 Å². The van der Waals surface area contributed by atoms with E-state index < -0.39 is 0 Å². The van der Waals surface area contributed by atoms with Crippen molar-refractivity contribution in [3.63, 3.8) is 0 Å². The quantitative estimate of drug-likeness (QED) is 0.618. The van der Waals surface area contributed by atoms with Crippen molar-refractivity contribution in [3.8, 4) is 0 Å². The maximum absolute atomic E-state index is 5.54. The Balaban J connectivity index is 2.81. The molecule has 1 aromatic rings. The molecule has 0 aliphatic heterocycles. The third-order valence-electron chi connectivity index (χ3n) is 1.33. The van der Waals surface area contributed by atoms with E-state index in [1.165, 1.54) is 0 Å². The van der Waals surface area contributed by atoms with Crippen LogP contribution in [0.1, 0.15) is 17.3 Å².